The fourth-order valence-corrected chi connectivity index (χ4v) is 4.95. The Hall–Kier alpha value is -0.190. The third kappa shape index (κ3) is 3.77. The molecule has 1 aromatic carbocycles. The maximum Gasteiger partial charge on any atom is 0.243 e. The molecule has 0 spiro atoms. The zero-order chi connectivity index (χ0) is 15.8. The highest BCUT2D eigenvalue weighted by molar-refractivity contribution is 9.10. The number of sulfonamides is 2. The summed E-state index contributed by atoms with van der Waals surface area (Å²) in [6, 6.07) is 4.39. The van der Waals surface area contributed by atoms with Gasteiger partial charge in [-0.25, -0.2) is 16.8 Å². The Morgan fingerprint density at radius 3 is 2.05 bits per heavy atom. The average molecular weight is 418 g/mol. The fourth-order valence-electron chi connectivity index (χ4n) is 2.03. The quantitative estimate of drug-likeness (QED) is 0.744. The number of nitrogens with zero attached hydrogens (tertiary/aromatic N) is 2. The maximum atomic E-state index is 12.5. The van der Waals surface area contributed by atoms with Crippen molar-refractivity contribution in [3.8, 4) is 0 Å². The molecule has 1 fully saturated rings. The zero-order valence-electron chi connectivity index (χ0n) is 11.2. The summed E-state index contributed by atoms with van der Waals surface area (Å²) < 4.78 is 50.9. The van der Waals surface area contributed by atoms with Crippen molar-refractivity contribution in [2.24, 2.45) is 0 Å². The van der Waals surface area contributed by atoms with Gasteiger partial charge in [-0.1, -0.05) is 11.6 Å². The molecule has 118 valence electrons. The van der Waals surface area contributed by atoms with Gasteiger partial charge in [0.25, 0.3) is 0 Å². The number of rotatable bonds is 3. The summed E-state index contributed by atoms with van der Waals surface area (Å²) in [7, 11) is -6.93. The Balaban J connectivity index is 2.20. The van der Waals surface area contributed by atoms with Gasteiger partial charge in [0, 0.05) is 30.7 Å². The normalized spacial score (nSPS) is 18.8. The first-order valence-electron chi connectivity index (χ1n) is 6.03. The number of piperazine rings is 1. The number of benzene rings is 1. The largest absolute Gasteiger partial charge is 0.243 e. The van der Waals surface area contributed by atoms with Crippen molar-refractivity contribution in [3.05, 3.63) is 27.7 Å². The monoisotopic (exact) mass is 416 g/mol. The molecule has 0 bridgehead atoms. The molecule has 0 aromatic heterocycles. The van der Waals surface area contributed by atoms with Crippen molar-refractivity contribution >= 4 is 47.6 Å². The van der Waals surface area contributed by atoms with Gasteiger partial charge in [0.05, 0.1) is 16.2 Å². The highest BCUT2D eigenvalue weighted by Crippen LogP contribution is 2.27. The lowest BCUT2D eigenvalue weighted by Gasteiger charge is -2.32. The number of hydrogen-bond acceptors (Lipinski definition) is 4. The minimum Gasteiger partial charge on any atom is -0.213 e. The van der Waals surface area contributed by atoms with Crippen LogP contribution in [0.5, 0.6) is 0 Å². The van der Waals surface area contributed by atoms with E-state index in [0.717, 1.165) is 6.26 Å². The van der Waals surface area contributed by atoms with Crippen LogP contribution in [0.1, 0.15) is 0 Å². The van der Waals surface area contributed by atoms with Crippen LogP contribution >= 0.6 is 27.5 Å². The SMILES string of the molecule is CS(=O)(=O)N1CCN(S(=O)(=O)c2ccc(Cl)c(Br)c2)CC1. The molecule has 0 N–H and O–H groups in total. The molecule has 1 heterocycles. The van der Waals surface area contributed by atoms with Crippen LogP contribution in [0.3, 0.4) is 0 Å². The van der Waals surface area contributed by atoms with Crippen molar-refractivity contribution in [2.75, 3.05) is 32.4 Å². The molecule has 1 aromatic rings. The van der Waals surface area contributed by atoms with Crippen LogP contribution in [0.4, 0.5) is 0 Å². The Morgan fingerprint density at radius 1 is 1.05 bits per heavy atom. The van der Waals surface area contributed by atoms with E-state index in [1.54, 1.807) is 0 Å². The smallest absolute Gasteiger partial charge is 0.213 e. The molecule has 0 saturated carbocycles. The Labute approximate surface area is 137 Å². The Bertz CT molecular complexity index is 743. The lowest BCUT2D eigenvalue weighted by molar-refractivity contribution is 0.274. The lowest BCUT2D eigenvalue weighted by Crippen LogP contribution is -2.50. The van der Waals surface area contributed by atoms with Crippen LogP contribution in [0.25, 0.3) is 0 Å². The number of halogens is 2. The van der Waals surface area contributed by atoms with Crippen molar-refractivity contribution in [3.63, 3.8) is 0 Å². The molecule has 21 heavy (non-hydrogen) atoms. The minimum atomic E-state index is -3.65. The summed E-state index contributed by atoms with van der Waals surface area (Å²) in [5.41, 5.74) is 0. The summed E-state index contributed by atoms with van der Waals surface area (Å²) in [6.45, 7) is 0.588. The van der Waals surface area contributed by atoms with E-state index in [9.17, 15) is 16.8 Å². The van der Waals surface area contributed by atoms with E-state index in [2.05, 4.69) is 15.9 Å². The van der Waals surface area contributed by atoms with E-state index < -0.39 is 20.0 Å². The highest BCUT2D eigenvalue weighted by atomic mass is 79.9. The molecule has 0 atom stereocenters. The molecule has 0 radical (unpaired) electrons. The van der Waals surface area contributed by atoms with Gasteiger partial charge in [0.15, 0.2) is 0 Å². The van der Waals surface area contributed by atoms with Crippen molar-refractivity contribution in [2.45, 2.75) is 4.90 Å². The summed E-state index contributed by atoms with van der Waals surface area (Å²) in [5, 5.41) is 0.427. The molecule has 0 unspecified atom stereocenters. The van der Waals surface area contributed by atoms with Gasteiger partial charge in [0.2, 0.25) is 20.0 Å². The molecule has 2 rings (SSSR count). The minimum absolute atomic E-state index is 0.131. The Morgan fingerprint density at radius 2 is 1.57 bits per heavy atom. The first-order chi connectivity index (χ1) is 9.62. The van der Waals surface area contributed by atoms with E-state index >= 15 is 0 Å². The van der Waals surface area contributed by atoms with Gasteiger partial charge in [-0.3, -0.25) is 0 Å². The summed E-state index contributed by atoms with van der Waals surface area (Å²) >= 11 is 9.05. The van der Waals surface area contributed by atoms with Crippen molar-refractivity contribution in [1.82, 2.24) is 8.61 Å². The molecule has 1 saturated heterocycles. The van der Waals surface area contributed by atoms with E-state index in [-0.39, 0.29) is 31.1 Å². The second-order valence-electron chi connectivity index (χ2n) is 4.64. The Kier molecular flexibility index (Phi) is 5.01. The third-order valence-electron chi connectivity index (χ3n) is 3.20. The van der Waals surface area contributed by atoms with Gasteiger partial charge < -0.3 is 0 Å². The summed E-state index contributed by atoms with van der Waals surface area (Å²) in [6.07, 6.45) is 1.12. The van der Waals surface area contributed by atoms with E-state index in [1.165, 1.54) is 26.8 Å². The van der Waals surface area contributed by atoms with E-state index in [4.69, 9.17) is 11.6 Å². The molecule has 0 amide bonds. The molecule has 1 aliphatic rings. The van der Waals surface area contributed by atoms with Crippen molar-refractivity contribution in [1.29, 1.82) is 0 Å². The van der Waals surface area contributed by atoms with Crippen LogP contribution < -0.4 is 0 Å². The highest BCUT2D eigenvalue weighted by Gasteiger charge is 2.31. The zero-order valence-corrected chi connectivity index (χ0v) is 15.1. The second-order valence-corrected chi connectivity index (χ2v) is 9.82. The summed E-state index contributed by atoms with van der Waals surface area (Å²) in [4.78, 5) is 0.131. The molecule has 6 nitrogen and oxygen atoms in total. The van der Waals surface area contributed by atoms with Gasteiger partial charge in [-0.15, -0.1) is 0 Å². The first-order valence-corrected chi connectivity index (χ1v) is 10.5. The maximum absolute atomic E-state index is 12.5. The molecular weight excluding hydrogens is 404 g/mol. The predicted molar refractivity (Wildman–Crippen MR) is 84.3 cm³/mol. The van der Waals surface area contributed by atoms with Crippen LogP contribution in [-0.2, 0) is 20.0 Å². The fraction of sp³-hybridized carbons (Fsp3) is 0.455. The van der Waals surface area contributed by atoms with Crippen LogP contribution in [-0.4, -0.2) is 57.9 Å². The van der Waals surface area contributed by atoms with Gasteiger partial charge in [-0.05, 0) is 34.1 Å². The first kappa shape index (κ1) is 17.2. The van der Waals surface area contributed by atoms with Gasteiger partial charge in [-0.2, -0.15) is 8.61 Å². The van der Waals surface area contributed by atoms with Crippen molar-refractivity contribution < 1.29 is 16.8 Å². The second kappa shape index (κ2) is 6.13. The van der Waals surface area contributed by atoms with E-state index in [1.807, 2.05) is 0 Å². The molecule has 1 aliphatic heterocycles. The standard InChI is InChI=1S/C11H14BrClN2O4S2/c1-20(16,17)14-4-6-15(7-5-14)21(18,19)9-2-3-11(13)10(12)8-9/h2-3,8H,4-7H2,1H3. The van der Waals surface area contributed by atoms with Gasteiger partial charge >= 0.3 is 0 Å². The van der Waals surface area contributed by atoms with Gasteiger partial charge in [0.1, 0.15) is 0 Å². The molecular formula is C11H14BrClN2O4S2. The molecule has 0 aliphatic carbocycles. The third-order valence-corrected chi connectivity index (χ3v) is 7.61. The van der Waals surface area contributed by atoms with Crippen LogP contribution in [0.2, 0.25) is 5.02 Å². The average Bonchev–Trinajstić information content (AvgIpc) is 2.41. The summed E-state index contributed by atoms with van der Waals surface area (Å²) in [5.74, 6) is 0. The topological polar surface area (TPSA) is 74.8 Å². The van der Waals surface area contributed by atoms with E-state index in [0.29, 0.717) is 9.50 Å². The molecule has 10 heteroatoms. The number of hydrogen-bond donors (Lipinski definition) is 0. The van der Waals surface area contributed by atoms with Crippen LogP contribution in [0, 0.1) is 0 Å². The lowest BCUT2D eigenvalue weighted by atomic mass is 10.4. The predicted octanol–water partition coefficient (Wildman–Crippen LogP) is 1.37. The van der Waals surface area contributed by atoms with Crippen LogP contribution in [0.15, 0.2) is 27.6 Å².